The first-order valence-electron chi connectivity index (χ1n) is 10.7. The Morgan fingerprint density at radius 3 is 2.74 bits per heavy atom. The largest absolute Gasteiger partial charge is 0.497 e. The third kappa shape index (κ3) is 4.82. The van der Waals surface area contributed by atoms with Crippen LogP contribution in [0.2, 0.25) is 0 Å². The van der Waals surface area contributed by atoms with Crippen LogP contribution in [0.15, 0.2) is 54.6 Å². The lowest BCUT2D eigenvalue weighted by Crippen LogP contribution is -2.40. The van der Waals surface area contributed by atoms with Crippen LogP contribution in [-0.4, -0.2) is 47.9 Å². The van der Waals surface area contributed by atoms with Crippen LogP contribution >= 0.6 is 0 Å². The Morgan fingerprint density at radius 1 is 1.16 bits per heavy atom. The second kappa shape index (κ2) is 9.55. The maximum absolute atomic E-state index is 12.7. The van der Waals surface area contributed by atoms with Gasteiger partial charge in [0.1, 0.15) is 11.5 Å². The van der Waals surface area contributed by atoms with Crippen LogP contribution in [0.1, 0.15) is 31.4 Å². The lowest BCUT2D eigenvalue weighted by molar-refractivity contribution is 0.194. The van der Waals surface area contributed by atoms with Crippen molar-refractivity contribution in [2.75, 3.05) is 32.1 Å². The maximum atomic E-state index is 12.7. The molecule has 162 valence electrons. The fourth-order valence-corrected chi connectivity index (χ4v) is 3.92. The molecule has 31 heavy (non-hydrogen) atoms. The molecule has 0 atom stereocenters. The first-order chi connectivity index (χ1) is 15.2. The summed E-state index contributed by atoms with van der Waals surface area (Å²) in [5, 5.41) is 10.7. The molecule has 7 heteroatoms. The van der Waals surface area contributed by atoms with Crippen molar-refractivity contribution in [3.63, 3.8) is 0 Å². The summed E-state index contributed by atoms with van der Waals surface area (Å²) in [5.74, 6) is 1.86. The van der Waals surface area contributed by atoms with Gasteiger partial charge in [-0.3, -0.25) is 5.10 Å². The van der Waals surface area contributed by atoms with Crippen LogP contribution in [-0.2, 0) is 0 Å². The van der Waals surface area contributed by atoms with Gasteiger partial charge < -0.3 is 19.7 Å². The van der Waals surface area contributed by atoms with E-state index in [0.717, 1.165) is 35.5 Å². The topological polar surface area (TPSA) is 79.5 Å². The summed E-state index contributed by atoms with van der Waals surface area (Å²) in [6.07, 6.45) is 1.78. The van der Waals surface area contributed by atoms with Gasteiger partial charge in [0, 0.05) is 30.3 Å². The molecule has 2 N–H and O–H groups in total. The number of ether oxygens (including phenoxy) is 2. The fraction of sp³-hybridized carbons (Fsp3) is 0.333. The summed E-state index contributed by atoms with van der Waals surface area (Å²) in [6.45, 7) is 3.88. The van der Waals surface area contributed by atoms with Crippen LogP contribution < -0.4 is 14.8 Å². The number of aromatic nitrogens is 2. The van der Waals surface area contributed by atoms with Gasteiger partial charge in [0.25, 0.3) is 0 Å². The number of piperidine rings is 1. The smallest absolute Gasteiger partial charge is 0.321 e. The number of urea groups is 1. The number of benzene rings is 2. The number of H-pyrrole nitrogens is 1. The van der Waals surface area contributed by atoms with E-state index in [1.165, 1.54) is 0 Å². The SMILES string of the molecule is CCOc1ccccc1NC(=O)N1CCC(c2cc(-c3cccc(OC)c3)n[nH]2)CC1. The molecule has 4 rings (SSSR count). The molecule has 2 aromatic carbocycles. The third-order valence-corrected chi connectivity index (χ3v) is 5.61. The van der Waals surface area contributed by atoms with Gasteiger partial charge >= 0.3 is 6.03 Å². The molecule has 0 bridgehead atoms. The molecule has 1 aliphatic rings. The van der Waals surface area contributed by atoms with Gasteiger partial charge in [-0.05, 0) is 50.1 Å². The average Bonchev–Trinajstić information content (AvgIpc) is 3.31. The molecular weight excluding hydrogens is 392 g/mol. The third-order valence-electron chi connectivity index (χ3n) is 5.61. The summed E-state index contributed by atoms with van der Waals surface area (Å²) in [6, 6.07) is 17.4. The summed E-state index contributed by atoms with van der Waals surface area (Å²) in [4.78, 5) is 14.6. The van der Waals surface area contributed by atoms with Crippen molar-refractivity contribution in [1.29, 1.82) is 0 Å². The predicted octanol–water partition coefficient (Wildman–Crippen LogP) is 4.90. The second-order valence-corrected chi connectivity index (χ2v) is 7.56. The van der Waals surface area contributed by atoms with Crippen molar-refractivity contribution in [1.82, 2.24) is 15.1 Å². The van der Waals surface area contributed by atoms with E-state index in [-0.39, 0.29) is 6.03 Å². The van der Waals surface area contributed by atoms with Crippen molar-refractivity contribution < 1.29 is 14.3 Å². The molecule has 3 aromatic rings. The number of likely N-dealkylation sites (tertiary alicyclic amines) is 1. The minimum Gasteiger partial charge on any atom is -0.497 e. The highest BCUT2D eigenvalue weighted by atomic mass is 16.5. The highest BCUT2D eigenvalue weighted by molar-refractivity contribution is 5.91. The van der Waals surface area contributed by atoms with E-state index in [9.17, 15) is 4.79 Å². The Bertz CT molecular complexity index is 1020. The number of para-hydroxylation sites is 2. The number of hydrogen-bond acceptors (Lipinski definition) is 4. The van der Waals surface area contributed by atoms with Crippen LogP contribution in [0.3, 0.4) is 0 Å². The van der Waals surface area contributed by atoms with Gasteiger partial charge in [-0.1, -0.05) is 24.3 Å². The van der Waals surface area contributed by atoms with Crippen LogP contribution in [0, 0.1) is 0 Å². The van der Waals surface area contributed by atoms with Crippen molar-refractivity contribution >= 4 is 11.7 Å². The molecule has 1 aromatic heterocycles. The van der Waals surface area contributed by atoms with Gasteiger partial charge in [-0.25, -0.2) is 4.79 Å². The lowest BCUT2D eigenvalue weighted by Gasteiger charge is -2.31. The molecule has 1 saturated heterocycles. The zero-order valence-corrected chi connectivity index (χ0v) is 17.9. The van der Waals surface area contributed by atoms with E-state index < -0.39 is 0 Å². The molecule has 2 amide bonds. The van der Waals surface area contributed by atoms with E-state index in [0.29, 0.717) is 37.1 Å². The molecule has 0 spiro atoms. The van der Waals surface area contributed by atoms with E-state index in [1.807, 2.05) is 60.4 Å². The van der Waals surface area contributed by atoms with E-state index in [1.54, 1.807) is 7.11 Å². The number of rotatable bonds is 6. The number of anilines is 1. The van der Waals surface area contributed by atoms with Crippen molar-refractivity contribution in [2.24, 2.45) is 0 Å². The van der Waals surface area contributed by atoms with Crippen molar-refractivity contribution in [3.05, 3.63) is 60.3 Å². The molecule has 0 aliphatic carbocycles. The van der Waals surface area contributed by atoms with Gasteiger partial charge in [0.2, 0.25) is 0 Å². The minimum atomic E-state index is -0.0905. The molecule has 1 fully saturated rings. The van der Waals surface area contributed by atoms with Crippen LogP contribution in [0.5, 0.6) is 11.5 Å². The number of amides is 2. The number of nitrogens with one attached hydrogen (secondary N) is 2. The summed E-state index contributed by atoms with van der Waals surface area (Å²) < 4.78 is 10.9. The first kappa shape index (κ1) is 20.8. The number of aromatic amines is 1. The van der Waals surface area contributed by atoms with Gasteiger partial charge in [0.05, 0.1) is 25.1 Å². The highest BCUT2D eigenvalue weighted by Crippen LogP contribution is 2.31. The fourth-order valence-electron chi connectivity index (χ4n) is 3.92. The predicted molar refractivity (Wildman–Crippen MR) is 121 cm³/mol. The molecule has 7 nitrogen and oxygen atoms in total. The molecule has 0 radical (unpaired) electrons. The standard InChI is InChI=1S/C24H28N4O3/c1-3-31-23-10-5-4-9-20(23)25-24(29)28-13-11-17(12-14-28)21-16-22(27-26-21)18-7-6-8-19(15-18)30-2/h4-10,15-17H,3,11-14H2,1-2H3,(H,25,29)(H,26,27). The Balaban J connectivity index is 1.36. The number of nitrogens with zero attached hydrogens (tertiary/aromatic N) is 2. The molecule has 0 unspecified atom stereocenters. The van der Waals surface area contributed by atoms with E-state index >= 15 is 0 Å². The average molecular weight is 421 g/mol. The Hall–Kier alpha value is -3.48. The summed E-state index contributed by atoms with van der Waals surface area (Å²) >= 11 is 0. The van der Waals surface area contributed by atoms with Crippen LogP contribution in [0.25, 0.3) is 11.3 Å². The zero-order valence-electron chi connectivity index (χ0n) is 17.9. The number of carbonyl (C=O) groups is 1. The molecule has 0 saturated carbocycles. The molecule has 2 heterocycles. The van der Waals surface area contributed by atoms with Crippen molar-refractivity contribution in [3.8, 4) is 22.8 Å². The highest BCUT2D eigenvalue weighted by Gasteiger charge is 2.25. The van der Waals surface area contributed by atoms with E-state index in [4.69, 9.17) is 9.47 Å². The Kier molecular flexibility index (Phi) is 6.40. The van der Waals surface area contributed by atoms with Gasteiger partial charge in [-0.2, -0.15) is 5.10 Å². The minimum absolute atomic E-state index is 0.0905. The first-order valence-corrected chi connectivity index (χ1v) is 10.7. The second-order valence-electron chi connectivity index (χ2n) is 7.56. The molecular formula is C24H28N4O3. The normalized spacial score (nSPS) is 14.3. The quantitative estimate of drug-likeness (QED) is 0.595. The van der Waals surface area contributed by atoms with E-state index in [2.05, 4.69) is 21.6 Å². The van der Waals surface area contributed by atoms with Crippen LogP contribution in [0.4, 0.5) is 10.5 Å². The number of hydrogen-bond donors (Lipinski definition) is 2. The lowest BCUT2D eigenvalue weighted by atomic mass is 9.93. The van der Waals surface area contributed by atoms with Gasteiger partial charge in [-0.15, -0.1) is 0 Å². The van der Waals surface area contributed by atoms with Gasteiger partial charge in [0.15, 0.2) is 0 Å². The maximum Gasteiger partial charge on any atom is 0.321 e. The molecule has 1 aliphatic heterocycles. The zero-order chi connectivity index (χ0) is 21.6. The summed E-state index contributed by atoms with van der Waals surface area (Å²) in [7, 11) is 1.66. The Labute approximate surface area is 182 Å². The monoisotopic (exact) mass is 420 g/mol. The number of methoxy groups -OCH3 is 1. The number of carbonyl (C=O) groups excluding carboxylic acids is 1. The van der Waals surface area contributed by atoms with Crippen molar-refractivity contribution in [2.45, 2.75) is 25.7 Å². The summed E-state index contributed by atoms with van der Waals surface area (Å²) in [5.41, 5.74) is 3.74. The Morgan fingerprint density at radius 2 is 1.97 bits per heavy atom.